The summed E-state index contributed by atoms with van der Waals surface area (Å²) in [7, 11) is -3.46. The molecule has 7 heteroatoms. The van der Waals surface area contributed by atoms with E-state index in [0.717, 1.165) is 11.1 Å². The van der Waals surface area contributed by atoms with Gasteiger partial charge in [0.1, 0.15) is 0 Å². The molecule has 0 spiro atoms. The summed E-state index contributed by atoms with van der Waals surface area (Å²) in [5.41, 5.74) is 3.10. The first-order valence-electron chi connectivity index (χ1n) is 9.41. The topological polar surface area (TPSA) is 76.3 Å². The molecule has 28 heavy (non-hydrogen) atoms. The highest BCUT2D eigenvalue weighted by molar-refractivity contribution is 7.89. The molecule has 2 aromatic carbocycles. The number of rotatable bonds is 4. The van der Waals surface area contributed by atoms with Crippen LogP contribution in [0, 0.1) is 13.8 Å². The van der Waals surface area contributed by atoms with Crippen LogP contribution in [-0.2, 0) is 10.0 Å². The van der Waals surface area contributed by atoms with E-state index in [-0.39, 0.29) is 5.92 Å². The molecular weight excluding hydrogens is 374 g/mol. The van der Waals surface area contributed by atoms with E-state index < -0.39 is 10.0 Å². The normalized spacial score (nSPS) is 16.4. The number of benzene rings is 2. The number of hydrogen-bond donors (Lipinski definition) is 0. The molecule has 3 aromatic rings. The molecule has 1 aliphatic heterocycles. The van der Waals surface area contributed by atoms with Crippen molar-refractivity contribution in [2.24, 2.45) is 0 Å². The number of piperidine rings is 1. The van der Waals surface area contributed by atoms with E-state index in [0.29, 0.717) is 42.6 Å². The Bertz CT molecular complexity index is 1050. The lowest BCUT2D eigenvalue weighted by Crippen LogP contribution is -2.37. The van der Waals surface area contributed by atoms with E-state index in [1.807, 2.05) is 50.2 Å². The minimum atomic E-state index is -3.46. The predicted octanol–water partition coefficient (Wildman–Crippen LogP) is 3.92. The minimum absolute atomic E-state index is 0.0798. The van der Waals surface area contributed by atoms with Gasteiger partial charge < -0.3 is 4.42 Å². The van der Waals surface area contributed by atoms with Gasteiger partial charge >= 0.3 is 0 Å². The van der Waals surface area contributed by atoms with Gasteiger partial charge in [0.15, 0.2) is 0 Å². The molecule has 6 nitrogen and oxygen atoms in total. The van der Waals surface area contributed by atoms with Crippen LogP contribution >= 0.6 is 0 Å². The third-order valence-electron chi connectivity index (χ3n) is 5.20. The number of nitrogens with zero attached hydrogens (tertiary/aromatic N) is 3. The predicted molar refractivity (Wildman–Crippen MR) is 106 cm³/mol. The number of aryl methyl sites for hydroxylation is 2. The average Bonchev–Trinajstić information content (AvgIpc) is 3.19. The molecule has 1 aliphatic rings. The van der Waals surface area contributed by atoms with E-state index in [1.165, 1.54) is 5.56 Å². The van der Waals surface area contributed by atoms with Crippen molar-refractivity contribution >= 4 is 10.0 Å². The van der Waals surface area contributed by atoms with Gasteiger partial charge in [-0.25, -0.2) is 8.42 Å². The van der Waals surface area contributed by atoms with Crippen LogP contribution in [0.2, 0.25) is 0 Å². The van der Waals surface area contributed by atoms with Crippen LogP contribution in [0.25, 0.3) is 11.5 Å². The Kier molecular flexibility index (Phi) is 5.03. The third-order valence-corrected chi connectivity index (χ3v) is 7.11. The van der Waals surface area contributed by atoms with Gasteiger partial charge in [-0.1, -0.05) is 35.4 Å². The first-order chi connectivity index (χ1) is 13.4. The summed E-state index contributed by atoms with van der Waals surface area (Å²) in [5.74, 6) is 1.17. The summed E-state index contributed by atoms with van der Waals surface area (Å²) in [6, 6.07) is 14.9. The van der Waals surface area contributed by atoms with Gasteiger partial charge in [0.25, 0.3) is 0 Å². The molecule has 0 saturated carbocycles. The molecule has 0 bridgehead atoms. The minimum Gasteiger partial charge on any atom is -0.420 e. The molecule has 0 radical (unpaired) electrons. The van der Waals surface area contributed by atoms with Crippen molar-refractivity contribution in [3.8, 4) is 11.5 Å². The SMILES string of the molecule is Cc1ccc(-c2nnc(C3CCN(S(=O)(=O)c4ccc(C)cc4)CC3)o2)cc1. The van der Waals surface area contributed by atoms with E-state index in [1.54, 1.807) is 16.4 Å². The number of hydrogen-bond acceptors (Lipinski definition) is 5. The van der Waals surface area contributed by atoms with Crippen LogP contribution in [0.1, 0.15) is 35.8 Å². The molecule has 0 aliphatic carbocycles. The van der Waals surface area contributed by atoms with Crippen LogP contribution in [-0.4, -0.2) is 36.0 Å². The zero-order valence-electron chi connectivity index (χ0n) is 16.0. The first kappa shape index (κ1) is 18.8. The molecule has 4 rings (SSSR count). The van der Waals surface area contributed by atoms with Crippen LogP contribution < -0.4 is 0 Å². The summed E-state index contributed by atoms with van der Waals surface area (Å²) < 4.78 is 33.1. The molecule has 0 N–H and O–H groups in total. The second-order valence-corrected chi connectivity index (χ2v) is 9.24. The maximum absolute atomic E-state index is 12.8. The van der Waals surface area contributed by atoms with Gasteiger partial charge in [0, 0.05) is 24.6 Å². The Morgan fingerprint density at radius 2 is 1.46 bits per heavy atom. The first-order valence-corrected chi connectivity index (χ1v) is 10.8. The molecule has 0 unspecified atom stereocenters. The molecule has 1 aromatic heterocycles. The van der Waals surface area contributed by atoms with Gasteiger partial charge in [-0.05, 0) is 51.0 Å². The average molecular weight is 398 g/mol. The molecule has 0 atom stereocenters. The highest BCUT2D eigenvalue weighted by Crippen LogP contribution is 2.31. The van der Waals surface area contributed by atoms with Crippen molar-refractivity contribution in [2.75, 3.05) is 13.1 Å². The molecule has 146 valence electrons. The van der Waals surface area contributed by atoms with Gasteiger partial charge in [0.05, 0.1) is 4.90 Å². The highest BCUT2D eigenvalue weighted by Gasteiger charge is 2.32. The Balaban J connectivity index is 1.44. The summed E-state index contributed by atoms with van der Waals surface area (Å²) >= 11 is 0. The smallest absolute Gasteiger partial charge is 0.247 e. The zero-order valence-corrected chi connectivity index (χ0v) is 16.8. The summed E-state index contributed by atoms with van der Waals surface area (Å²) in [6.45, 7) is 4.87. The summed E-state index contributed by atoms with van der Waals surface area (Å²) in [6.07, 6.45) is 1.33. The van der Waals surface area contributed by atoms with Crippen LogP contribution in [0.3, 0.4) is 0 Å². The lowest BCUT2D eigenvalue weighted by Gasteiger charge is -2.29. The lowest BCUT2D eigenvalue weighted by atomic mass is 9.98. The van der Waals surface area contributed by atoms with Crippen LogP contribution in [0.15, 0.2) is 57.8 Å². The van der Waals surface area contributed by atoms with Crippen LogP contribution in [0.5, 0.6) is 0 Å². The maximum Gasteiger partial charge on any atom is 0.247 e. The van der Waals surface area contributed by atoms with Crippen molar-refractivity contribution < 1.29 is 12.8 Å². The standard InChI is InChI=1S/C21H23N3O3S/c1-15-3-7-17(8-4-15)20-22-23-21(27-20)18-11-13-24(14-12-18)28(25,26)19-9-5-16(2)6-10-19/h3-10,18H,11-14H2,1-2H3. The van der Waals surface area contributed by atoms with E-state index in [4.69, 9.17) is 4.42 Å². The fourth-order valence-electron chi connectivity index (χ4n) is 3.41. The molecule has 1 saturated heterocycles. The van der Waals surface area contributed by atoms with Crippen molar-refractivity contribution in [1.82, 2.24) is 14.5 Å². The van der Waals surface area contributed by atoms with Crippen molar-refractivity contribution in [1.29, 1.82) is 0 Å². The summed E-state index contributed by atoms with van der Waals surface area (Å²) in [4.78, 5) is 0.344. The summed E-state index contributed by atoms with van der Waals surface area (Å²) in [5, 5.41) is 8.38. The fraction of sp³-hybridized carbons (Fsp3) is 0.333. The quantitative estimate of drug-likeness (QED) is 0.667. The molecule has 0 amide bonds. The van der Waals surface area contributed by atoms with E-state index in [2.05, 4.69) is 10.2 Å². The fourth-order valence-corrected chi connectivity index (χ4v) is 4.88. The van der Waals surface area contributed by atoms with Crippen molar-refractivity contribution in [2.45, 2.75) is 37.5 Å². The number of aromatic nitrogens is 2. The van der Waals surface area contributed by atoms with Gasteiger partial charge in [0.2, 0.25) is 21.8 Å². The second kappa shape index (κ2) is 7.48. The van der Waals surface area contributed by atoms with Crippen LogP contribution in [0.4, 0.5) is 0 Å². The van der Waals surface area contributed by atoms with Gasteiger partial charge in [-0.3, -0.25) is 0 Å². The third kappa shape index (κ3) is 3.72. The van der Waals surface area contributed by atoms with E-state index >= 15 is 0 Å². The van der Waals surface area contributed by atoms with Crippen molar-refractivity contribution in [3.05, 3.63) is 65.5 Å². The largest absolute Gasteiger partial charge is 0.420 e. The monoisotopic (exact) mass is 397 g/mol. The molecule has 1 fully saturated rings. The van der Waals surface area contributed by atoms with Gasteiger partial charge in [-0.15, -0.1) is 10.2 Å². The van der Waals surface area contributed by atoms with Crippen molar-refractivity contribution in [3.63, 3.8) is 0 Å². The Morgan fingerprint density at radius 3 is 2.07 bits per heavy atom. The lowest BCUT2D eigenvalue weighted by molar-refractivity contribution is 0.291. The Hall–Kier alpha value is -2.51. The molecular formula is C21H23N3O3S. The second-order valence-electron chi connectivity index (χ2n) is 7.30. The highest BCUT2D eigenvalue weighted by atomic mass is 32.2. The van der Waals surface area contributed by atoms with Gasteiger partial charge in [-0.2, -0.15) is 4.31 Å². The zero-order chi connectivity index (χ0) is 19.7. The molecule has 2 heterocycles. The van der Waals surface area contributed by atoms with E-state index in [9.17, 15) is 8.42 Å². The number of sulfonamides is 1. The Morgan fingerprint density at radius 1 is 0.893 bits per heavy atom. The maximum atomic E-state index is 12.8. The Labute approximate surface area is 165 Å².